The van der Waals surface area contributed by atoms with Crippen molar-refractivity contribution in [2.45, 2.75) is 0 Å². The molecule has 2 rings (SSSR count). The van der Waals surface area contributed by atoms with Crippen LogP contribution < -0.4 is 11.2 Å². The number of hydrogen-bond acceptors (Lipinski definition) is 4. The molecule has 1 aromatic heterocycles. The maximum atomic E-state index is 11.7. The van der Waals surface area contributed by atoms with Crippen LogP contribution in [-0.4, -0.2) is 26.7 Å². The lowest BCUT2D eigenvalue weighted by Crippen LogP contribution is -2.21. The number of hydrogen-bond donors (Lipinski definition) is 2. The summed E-state index contributed by atoms with van der Waals surface area (Å²) in [4.78, 5) is 22.5. The Labute approximate surface area is 96.2 Å². The van der Waals surface area contributed by atoms with E-state index in [4.69, 9.17) is 5.73 Å². The fourth-order valence-corrected chi connectivity index (χ4v) is 1.23. The molecule has 0 saturated carbocycles. The summed E-state index contributed by atoms with van der Waals surface area (Å²) in [5.74, 6) is -0.864. The Morgan fingerprint density at radius 3 is 2.12 bits per heavy atom. The van der Waals surface area contributed by atoms with Gasteiger partial charge < -0.3 is 5.73 Å². The fraction of sp³-hybridized carbons (Fsp3) is 0. The van der Waals surface area contributed by atoms with Gasteiger partial charge in [-0.2, -0.15) is 0 Å². The van der Waals surface area contributed by atoms with Gasteiger partial charge in [-0.3, -0.25) is 15.0 Å². The second-order valence-electron chi connectivity index (χ2n) is 3.25. The number of primary amides is 1. The zero-order valence-corrected chi connectivity index (χ0v) is 8.70. The van der Waals surface area contributed by atoms with E-state index in [1.165, 1.54) is 41.6 Å². The molecule has 0 aliphatic rings. The van der Waals surface area contributed by atoms with Crippen molar-refractivity contribution in [3.05, 3.63) is 48.0 Å². The molecule has 2 aromatic rings. The quantitative estimate of drug-likeness (QED) is 0.760. The molecule has 0 aliphatic heterocycles. The Morgan fingerprint density at radius 1 is 1.06 bits per heavy atom. The Bertz CT molecular complexity index is 532. The number of amides is 2. The SMILES string of the molecule is NC(=O)c1ccc(C(=O)Nn2cnnc2)cc1. The highest BCUT2D eigenvalue weighted by molar-refractivity contribution is 6.01. The molecule has 0 radical (unpaired) electrons. The number of carbonyl (C=O) groups excluding carboxylic acids is 2. The Hall–Kier alpha value is -2.70. The van der Waals surface area contributed by atoms with E-state index < -0.39 is 5.91 Å². The zero-order chi connectivity index (χ0) is 12.3. The van der Waals surface area contributed by atoms with E-state index in [1.807, 2.05) is 0 Å². The van der Waals surface area contributed by atoms with Gasteiger partial charge >= 0.3 is 0 Å². The van der Waals surface area contributed by atoms with Gasteiger partial charge in [0.05, 0.1) is 0 Å². The summed E-state index contributed by atoms with van der Waals surface area (Å²) in [6.07, 6.45) is 2.71. The minimum absolute atomic E-state index is 0.333. The maximum Gasteiger partial charge on any atom is 0.270 e. The van der Waals surface area contributed by atoms with Crippen LogP contribution in [0.2, 0.25) is 0 Å². The molecule has 7 heteroatoms. The van der Waals surface area contributed by atoms with Gasteiger partial charge in [0, 0.05) is 11.1 Å². The van der Waals surface area contributed by atoms with Crippen molar-refractivity contribution in [3.8, 4) is 0 Å². The third-order valence-electron chi connectivity index (χ3n) is 2.08. The third-order valence-corrected chi connectivity index (χ3v) is 2.08. The van der Waals surface area contributed by atoms with Gasteiger partial charge in [0.15, 0.2) is 0 Å². The molecular formula is C10H9N5O2. The molecule has 17 heavy (non-hydrogen) atoms. The van der Waals surface area contributed by atoms with Crippen LogP contribution in [0.4, 0.5) is 0 Å². The average Bonchev–Trinajstić information content (AvgIpc) is 2.82. The summed E-state index contributed by atoms with van der Waals surface area (Å²) in [5, 5.41) is 7.09. The van der Waals surface area contributed by atoms with Crippen LogP contribution in [0, 0.1) is 0 Å². The van der Waals surface area contributed by atoms with Crippen molar-refractivity contribution < 1.29 is 9.59 Å². The van der Waals surface area contributed by atoms with Gasteiger partial charge in [0.1, 0.15) is 12.7 Å². The largest absolute Gasteiger partial charge is 0.366 e. The molecule has 0 bridgehead atoms. The number of aromatic nitrogens is 3. The molecule has 7 nitrogen and oxygen atoms in total. The summed E-state index contributed by atoms with van der Waals surface area (Å²) in [6.45, 7) is 0. The number of nitrogens with one attached hydrogen (secondary N) is 1. The summed E-state index contributed by atoms with van der Waals surface area (Å²) in [6, 6.07) is 6.01. The predicted octanol–water partition coefficient (Wildman–Crippen LogP) is -0.239. The number of rotatable bonds is 3. The summed E-state index contributed by atoms with van der Waals surface area (Å²) >= 11 is 0. The summed E-state index contributed by atoms with van der Waals surface area (Å²) < 4.78 is 1.32. The molecule has 0 unspecified atom stereocenters. The van der Waals surface area contributed by atoms with E-state index in [0.717, 1.165) is 0 Å². The molecular weight excluding hydrogens is 222 g/mol. The van der Waals surface area contributed by atoms with Crippen LogP contribution in [0.3, 0.4) is 0 Å². The highest BCUT2D eigenvalue weighted by Crippen LogP contribution is 2.04. The fourth-order valence-electron chi connectivity index (χ4n) is 1.23. The first-order valence-corrected chi connectivity index (χ1v) is 4.72. The zero-order valence-electron chi connectivity index (χ0n) is 8.70. The maximum absolute atomic E-state index is 11.7. The number of nitrogens with zero attached hydrogens (tertiary/aromatic N) is 3. The molecule has 0 atom stereocenters. The summed E-state index contributed by atoms with van der Waals surface area (Å²) in [5.41, 5.74) is 8.37. The molecule has 0 spiro atoms. The molecule has 0 aliphatic carbocycles. The first-order chi connectivity index (χ1) is 8.16. The normalized spacial score (nSPS) is 9.88. The highest BCUT2D eigenvalue weighted by atomic mass is 16.2. The van der Waals surface area contributed by atoms with E-state index in [2.05, 4.69) is 15.6 Å². The number of benzene rings is 1. The second kappa shape index (κ2) is 4.44. The lowest BCUT2D eigenvalue weighted by molar-refractivity contribution is 0.0991. The van der Waals surface area contributed by atoms with Crippen molar-refractivity contribution in [1.29, 1.82) is 0 Å². The van der Waals surface area contributed by atoms with E-state index in [9.17, 15) is 9.59 Å². The van der Waals surface area contributed by atoms with Gasteiger partial charge in [0.2, 0.25) is 5.91 Å². The van der Waals surface area contributed by atoms with Crippen LogP contribution in [-0.2, 0) is 0 Å². The molecule has 2 amide bonds. The van der Waals surface area contributed by atoms with Crippen LogP contribution in [0.15, 0.2) is 36.9 Å². The van der Waals surface area contributed by atoms with Crippen molar-refractivity contribution in [1.82, 2.24) is 14.9 Å². The van der Waals surface area contributed by atoms with E-state index >= 15 is 0 Å². The van der Waals surface area contributed by atoms with Gasteiger partial charge in [-0.05, 0) is 24.3 Å². The van der Waals surface area contributed by atoms with E-state index in [-0.39, 0.29) is 5.91 Å². The standard InChI is InChI=1S/C10H9N5O2/c11-9(16)7-1-3-8(4-2-7)10(17)14-15-5-12-13-6-15/h1-6H,(H2,11,16)(H,14,17). The van der Waals surface area contributed by atoms with Crippen molar-refractivity contribution in [2.75, 3.05) is 5.43 Å². The number of carbonyl (C=O) groups is 2. The summed E-state index contributed by atoms with van der Waals surface area (Å²) in [7, 11) is 0. The van der Waals surface area contributed by atoms with Gasteiger partial charge in [-0.1, -0.05) is 0 Å². The van der Waals surface area contributed by atoms with Crippen LogP contribution >= 0.6 is 0 Å². The van der Waals surface area contributed by atoms with Crippen LogP contribution in [0.1, 0.15) is 20.7 Å². The van der Waals surface area contributed by atoms with Gasteiger partial charge in [-0.15, -0.1) is 10.2 Å². The molecule has 1 heterocycles. The topological polar surface area (TPSA) is 103 Å². The smallest absolute Gasteiger partial charge is 0.270 e. The molecule has 86 valence electrons. The predicted molar refractivity (Wildman–Crippen MR) is 58.7 cm³/mol. The Balaban J connectivity index is 2.12. The van der Waals surface area contributed by atoms with Gasteiger partial charge in [0.25, 0.3) is 5.91 Å². The lowest BCUT2D eigenvalue weighted by atomic mass is 10.1. The van der Waals surface area contributed by atoms with Crippen LogP contribution in [0.25, 0.3) is 0 Å². The minimum atomic E-state index is -0.532. The molecule has 0 saturated heterocycles. The molecule has 0 fully saturated rings. The molecule has 3 N–H and O–H groups in total. The highest BCUT2D eigenvalue weighted by Gasteiger charge is 2.07. The number of nitrogens with two attached hydrogens (primary N) is 1. The van der Waals surface area contributed by atoms with Crippen molar-refractivity contribution >= 4 is 11.8 Å². The minimum Gasteiger partial charge on any atom is -0.366 e. The molecule has 1 aromatic carbocycles. The third kappa shape index (κ3) is 2.46. The van der Waals surface area contributed by atoms with E-state index in [0.29, 0.717) is 11.1 Å². The second-order valence-corrected chi connectivity index (χ2v) is 3.25. The van der Waals surface area contributed by atoms with Crippen molar-refractivity contribution in [3.63, 3.8) is 0 Å². The van der Waals surface area contributed by atoms with Crippen LogP contribution in [0.5, 0.6) is 0 Å². The van der Waals surface area contributed by atoms with Crippen molar-refractivity contribution in [2.24, 2.45) is 5.73 Å². The monoisotopic (exact) mass is 231 g/mol. The average molecular weight is 231 g/mol. The van der Waals surface area contributed by atoms with Gasteiger partial charge in [-0.25, -0.2) is 4.68 Å². The van der Waals surface area contributed by atoms with E-state index in [1.54, 1.807) is 0 Å². The Morgan fingerprint density at radius 2 is 1.59 bits per heavy atom. The first kappa shape index (κ1) is 10.8. The first-order valence-electron chi connectivity index (χ1n) is 4.72. The lowest BCUT2D eigenvalue weighted by Gasteiger charge is -2.04. The Kier molecular flexibility index (Phi) is 2.82.